The highest BCUT2D eigenvalue weighted by atomic mass is 35.5. The molecular weight excluding hydrogens is 442 g/mol. The van der Waals surface area contributed by atoms with Gasteiger partial charge in [-0.05, 0) is 55.2 Å². The first kappa shape index (κ1) is 21.6. The zero-order valence-corrected chi connectivity index (χ0v) is 18.8. The number of carboxylic acids is 1. The monoisotopic (exact) mass is 465 g/mol. The minimum atomic E-state index is -0.932. The molecule has 1 atom stereocenters. The van der Waals surface area contributed by atoms with Crippen LogP contribution >= 0.6 is 11.6 Å². The Morgan fingerprint density at radius 2 is 2.18 bits per heavy atom. The number of benzene rings is 1. The highest BCUT2D eigenvalue weighted by Crippen LogP contribution is 2.27. The summed E-state index contributed by atoms with van der Waals surface area (Å²) >= 11 is 6.07. The van der Waals surface area contributed by atoms with Gasteiger partial charge in [0.2, 0.25) is 0 Å². The molecule has 4 heterocycles. The zero-order valence-electron chi connectivity index (χ0n) is 18.0. The van der Waals surface area contributed by atoms with E-state index >= 15 is 0 Å². The minimum absolute atomic E-state index is 0.0635. The molecule has 0 saturated carbocycles. The second-order valence-corrected chi connectivity index (χ2v) is 8.73. The summed E-state index contributed by atoms with van der Waals surface area (Å²) in [5.41, 5.74) is 4.67. The SMILES string of the molecule is O=C(O)COC1CCCN(C2=NC=C(c3ccc(-c4nc5ccc(Cl)cc5[nH]4)cn3)CC2)C1. The van der Waals surface area contributed by atoms with Gasteiger partial charge >= 0.3 is 5.97 Å². The number of aliphatic imine (C=N–C) groups is 1. The number of hydrogen-bond donors (Lipinski definition) is 2. The van der Waals surface area contributed by atoms with Crippen LogP contribution in [-0.2, 0) is 9.53 Å². The Hall–Kier alpha value is -3.23. The van der Waals surface area contributed by atoms with E-state index in [0.29, 0.717) is 11.6 Å². The molecule has 5 rings (SSSR count). The molecule has 0 radical (unpaired) electrons. The number of nitrogens with zero attached hydrogens (tertiary/aromatic N) is 4. The van der Waals surface area contributed by atoms with Crippen molar-refractivity contribution in [1.82, 2.24) is 19.9 Å². The van der Waals surface area contributed by atoms with Crippen LogP contribution in [0.5, 0.6) is 0 Å². The molecule has 1 unspecified atom stereocenters. The summed E-state index contributed by atoms with van der Waals surface area (Å²) in [7, 11) is 0. The number of halogens is 1. The summed E-state index contributed by atoms with van der Waals surface area (Å²) in [6.45, 7) is 1.36. The quantitative estimate of drug-likeness (QED) is 0.579. The van der Waals surface area contributed by atoms with Crippen LogP contribution in [0, 0.1) is 0 Å². The number of imidazole rings is 1. The summed E-state index contributed by atoms with van der Waals surface area (Å²) in [5.74, 6) is 0.854. The zero-order chi connectivity index (χ0) is 22.8. The molecule has 1 saturated heterocycles. The number of hydrogen-bond acceptors (Lipinski definition) is 6. The fraction of sp³-hybridized carbons (Fsp3) is 0.333. The van der Waals surface area contributed by atoms with Gasteiger partial charge in [-0.15, -0.1) is 0 Å². The largest absolute Gasteiger partial charge is 0.480 e. The highest BCUT2D eigenvalue weighted by Gasteiger charge is 2.24. The third kappa shape index (κ3) is 4.91. The summed E-state index contributed by atoms with van der Waals surface area (Å²) < 4.78 is 5.49. The molecule has 2 aliphatic heterocycles. The highest BCUT2D eigenvalue weighted by molar-refractivity contribution is 6.31. The third-order valence-corrected chi connectivity index (χ3v) is 6.22. The van der Waals surface area contributed by atoms with Gasteiger partial charge in [0.1, 0.15) is 18.3 Å². The topological polar surface area (TPSA) is 104 Å². The van der Waals surface area contributed by atoms with Crippen molar-refractivity contribution < 1.29 is 14.6 Å². The molecule has 2 N–H and O–H groups in total. The minimum Gasteiger partial charge on any atom is -0.480 e. The van der Waals surface area contributed by atoms with Crippen molar-refractivity contribution in [3.8, 4) is 11.4 Å². The molecule has 0 bridgehead atoms. The molecule has 2 aliphatic rings. The number of likely N-dealkylation sites (tertiary alicyclic amines) is 1. The molecule has 8 nitrogen and oxygen atoms in total. The maximum atomic E-state index is 10.8. The molecule has 0 amide bonds. The number of carbonyl (C=O) groups is 1. The van der Waals surface area contributed by atoms with Gasteiger partial charge in [0.25, 0.3) is 0 Å². The van der Waals surface area contributed by atoms with Gasteiger partial charge in [0.05, 0.1) is 22.8 Å². The first-order valence-electron chi connectivity index (χ1n) is 11.0. The van der Waals surface area contributed by atoms with Gasteiger partial charge in [0.15, 0.2) is 0 Å². The fourth-order valence-corrected chi connectivity index (χ4v) is 4.47. The predicted octanol–water partition coefficient (Wildman–Crippen LogP) is 4.38. The number of aliphatic carboxylic acids is 1. The number of piperidine rings is 1. The van der Waals surface area contributed by atoms with E-state index in [0.717, 1.165) is 71.8 Å². The van der Waals surface area contributed by atoms with E-state index in [4.69, 9.17) is 26.4 Å². The number of aromatic nitrogens is 3. The summed E-state index contributed by atoms with van der Waals surface area (Å²) in [4.78, 5) is 30.2. The number of rotatable bonds is 5. The van der Waals surface area contributed by atoms with Gasteiger partial charge < -0.3 is 19.7 Å². The van der Waals surface area contributed by atoms with Crippen LogP contribution < -0.4 is 0 Å². The van der Waals surface area contributed by atoms with Crippen LogP contribution in [0.2, 0.25) is 5.02 Å². The van der Waals surface area contributed by atoms with Gasteiger partial charge in [-0.2, -0.15) is 0 Å². The van der Waals surface area contributed by atoms with E-state index in [2.05, 4.69) is 19.9 Å². The molecule has 0 spiro atoms. The first-order chi connectivity index (χ1) is 16.0. The lowest BCUT2D eigenvalue weighted by Gasteiger charge is -2.35. The third-order valence-electron chi connectivity index (χ3n) is 5.98. The first-order valence-corrected chi connectivity index (χ1v) is 11.4. The van der Waals surface area contributed by atoms with E-state index in [1.165, 1.54) is 0 Å². The molecule has 170 valence electrons. The second-order valence-electron chi connectivity index (χ2n) is 8.29. The Kier molecular flexibility index (Phi) is 6.11. The smallest absolute Gasteiger partial charge is 0.329 e. The summed E-state index contributed by atoms with van der Waals surface area (Å²) in [5, 5.41) is 9.50. The average Bonchev–Trinajstić information content (AvgIpc) is 3.26. The number of nitrogens with one attached hydrogen (secondary N) is 1. The predicted molar refractivity (Wildman–Crippen MR) is 127 cm³/mol. The van der Waals surface area contributed by atoms with Crippen molar-refractivity contribution in [2.45, 2.75) is 31.8 Å². The van der Waals surface area contributed by atoms with Crippen LogP contribution in [0.4, 0.5) is 0 Å². The van der Waals surface area contributed by atoms with Crippen molar-refractivity contribution in [2.24, 2.45) is 4.99 Å². The Morgan fingerprint density at radius 3 is 2.94 bits per heavy atom. The lowest BCUT2D eigenvalue weighted by Crippen LogP contribution is -2.44. The van der Waals surface area contributed by atoms with E-state index < -0.39 is 5.97 Å². The lowest BCUT2D eigenvalue weighted by molar-refractivity contribution is -0.145. The van der Waals surface area contributed by atoms with Crippen molar-refractivity contribution in [1.29, 1.82) is 0 Å². The molecule has 1 aromatic carbocycles. The number of allylic oxidation sites excluding steroid dienone is 1. The lowest BCUT2D eigenvalue weighted by atomic mass is 10.0. The average molecular weight is 466 g/mol. The number of pyridine rings is 1. The van der Waals surface area contributed by atoms with Crippen molar-refractivity contribution in [3.05, 3.63) is 53.4 Å². The maximum absolute atomic E-state index is 10.8. The van der Waals surface area contributed by atoms with Crippen LogP contribution in [0.15, 0.2) is 47.7 Å². The molecule has 0 aliphatic carbocycles. The van der Waals surface area contributed by atoms with Gasteiger partial charge in [-0.1, -0.05) is 11.6 Å². The number of H-pyrrole nitrogens is 1. The molecule has 1 fully saturated rings. The van der Waals surface area contributed by atoms with Crippen molar-refractivity contribution in [3.63, 3.8) is 0 Å². The Balaban J connectivity index is 1.27. The number of aromatic amines is 1. The van der Waals surface area contributed by atoms with Gasteiger partial charge in [-0.25, -0.2) is 14.8 Å². The standard InChI is InChI=1S/C24H24ClN5O3/c25-17-5-7-20-21(10-17)29-24(28-20)16-3-6-19(26-12-16)15-4-8-22(27-11-15)30-9-1-2-18(13-30)33-14-23(31)32/h3,5-7,10-12,18H,1-2,4,8-9,13-14H2,(H,28,29)(H,31,32). The number of ether oxygens (including phenoxy) is 1. The molecule has 33 heavy (non-hydrogen) atoms. The molecular formula is C24H24ClN5O3. The van der Waals surface area contributed by atoms with Crippen molar-refractivity contribution >= 4 is 40.0 Å². The fourth-order valence-electron chi connectivity index (χ4n) is 4.30. The van der Waals surface area contributed by atoms with E-state index in [1.54, 1.807) is 0 Å². The number of carboxylic acid groups (broad SMARTS) is 1. The molecule has 9 heteroatoms. The Bertz CT molecular complexity index is 1230. The Morgan fingerprint density at radius 1 is 1.27 bits per heavy atom. The van der Waals surface area contributed by atoms with E-state index in [1.807, 2.05) is 42.7 Å². The van der Waals surface area contributed by atoms with Crippen molar-refractivity contribution in [2.75, 3.05) is 19.7 Å². The number of fused-ring (bicyclic) bond motifs is 1. The van der Waals surface area contributed by atoms with Crippen LogP contribution in [-0.4, -0.2) is 62.6 Å². The summed E-state index contributed by atoms with van der Waals surface area (Å²) in [6, 6.07) is 9.59. The van der Waals surface area contributed by atoms with Crippen LogP contribution in [0.3, 0.4) is 0 Å². The molecule has 2 aromatic heterocycles. The van der Waals surface area contributed by atoms with E-state index in [-0.39, 0.29) is 12.7 Å². The van der Waals surface area contributed by atoms with Crippen LogP contribution in [0.25, 0.3) is 28.0 Å². The summed E-state index contributed by atoms with van der Waals surface area (Å²) in [6.07, 6.45) is 7.18. The Labute approximate surface area is 196 Å². The number of amidine groups is 1. The van der Waals surface area contributed by atoms with E-state index in [9.17, 15) is 4.79 Å². The molecule has 3 aromatic rings. The van der Waals surface area contributed by atoms with Gasteiger partial charge in [0, 0.05) is 42.5 Å². The van der Waals surface area contributed by atoms with Crippen LogP contribution in [0.1, 0.15) is 31.4 Å². The second kappa shape index (κ2) is 9.33. The normalized spacial score (nSPS) is 18.8. The van der Waals surface area contributed by atoms with Gasteiger partial charge in [-0.3, -0.25) is 4.98 Å². The maximum Gasteiger partial charge on any atom is 0.329 e.